The Morgan fingerprint density at radius 3 is 2.23 bits per heavy atom. The van der Waals surface area contributed by atoms with Crippen LogP contribution in [0.5, 0.6) is 0 Å². The summed E-state index contributed by atoms with van der Waals surface area (Å²) < 4.78 is 16.2. The van der Waals surface area contributed by atoms with Gasteiger partial charge >= 0.3 is 0 Å². The zero-order valence-corrected chi connectivity index (χ0v) is 14.3. The number of aliphatic hydroxyl groups is 7. The molecule has 7 N–H and O–H groups in total. The molecule has 11 heteroatoms. The van der Waals surface area contributed by atoms with Gasteiger partial charge in [0, 0.05) is 5.92 Å². The van der Waals surface area contributed by atoms with Gasteiger partial charge in [0.1, 0.15) is 24.4 Å². The van der Waals surface area contributed by atoms with Crippen molar-refractivity contribution in [2.24, 2.45) is 11.8 Å². The smallest absolute Gasteiger partial charge is 0.207 e. The van der Waals surface area contributed by atoms with Crippen LogP contribution in [0.15, 0.2) is 11.8 Å². The van der Waals surface area contributed by atoms with E-state index in [2.05, 4.69) is 0 Å². The van der Waals surface area contributed by atoms with E-state index in [1.165, 1.54) is 6.26 Å². The molecule has 3 rings (SSSR count). The van der Waals surface area contributed by atoms with Crippen LogP contribution in [0.25, 0.3) is 0 Å². The lowest BCUT2D eigenvalue weighted by Crippen LogP contribution is -2.60. The third kappa shape index (κ3) is 3.24. The van der Waals surface area contributed by atoms with Crippen molar-refractivity contribution in [2.45, 2.75) is 54.6 Å². The maximum absolute atomic E-state index is 10.3. The number of fused-ring (bicyclic) bond motifs is 1. The standard InChI is InChI=1S/C15H23ClO10/c16-8-10(20)6-4(1-17)3-24-14(7(6)11(8)21)26-15-13(23)12(22)9(19)5(2-18)25-15/h3,5-15,17-23H,1-2H2/t5-,6-,7+,8-,9-,10+,11-,12+,13-,14+,15+/m1/s1. The molecule has 0 unspecified atom stereocenters. The molecule has 10 nitrogen and oxygen atoms in total. The highest BCUT2D eigenvalue weighted by Crippen LogP contribution is 2.46. The van der Waals surface area contributed by atoms with Crippen LogP contribution in [0, 0.1) is 11.8 Å². The fourth-order valence-electron chi connectivity index (χ4n) is 3.75. The molecule has 0 aromatic heterocycles. The summed E-state index contributed by atoms with van der Waals surface area (Å²) in [6, 6.07) is 0. The maximum Gasteiger partial charge on any atom is 0.207 e. The fraction of sp³-hybridized carbons (Fsp3) is 0.867. The average molecular weight is 399 g/mol. The second kappa shape index (κ2) is 7.84. The number of halogens is 1. The first-order valence-electron chi connectivity index (χ1n) is 8.23. The van der Waals surface area contributed by atoms with Crippen LogP contribution in [0.3, 0.4) is 0 Å². The Balaban J connectivity index is 1.80. The minimum atomic E-state index is -1.65. The lowest BCUT2D eigenvalue weighted by molar-refractivity contribution is -0.344. The number of alkyl halides is 1. The van der Waals surface area contributed by atoms with Crippen molar-refractivity contribution in [1.29, 1.82) is 0 Å². The van der Waals surface area contributed by atoms with Crippen molar-refractivity contribution in [1.82, 2.24) is 0 Å². The lowest BCUT2D eigenvalue weighted by Gasteiger charge is -2.43. The van der Waals surface area contributed by atoms with Crippen LogP contribution in [0.2, 0.25) is 0 Å². The van der Waals surface area contributed by atoms with Gasteiger partial charge in [-0.3, -0.25) is 0 Å². The van der Waals surface area contributed by atoms with E-state index in [0.717, 1.165) is 0 Å². The molecule has 26 heavy (non-hydrogen) atoms. The minimum absolute atomic E-state index is 0.332. The Morgan fingerprint density at radius 2 is 1.62 bits per heavy atom. The summed E-state index contributed by atoms with van der Waals surface area (Å²) in [5.74, 6) is -1.60. The number of hydrogen-bond donors (Lipinski definition) is 7. The first-order valence-corrected chi connectivity index (χ1v) is 8.66. The molecule has 150 valence electrons. The molecule has 0 radical (unpaired) electrons. The highest BCUT2D eigenvalue weighted by Gasteiger charge is 2.57. The highest BCUT2D eigenvalue weighted by atomic mass is 35.5. The first kappa shape index (κ1) is 20.2. The van der Waals surface area contributed by atoms with E-state index in [1.807, 2.05) is 0 Å². The Bertz CT molecular complexity index is 531. The summed E-state index contributed by atoms with van der Waals surface area (Å²) in [7, 11) is 0. The van der Waals surface area contributed by atoms with E-state index in [-0.39, 0.29) is 0 Å². The van der Waals surface area contributed by atoms with Crippen LogP contribution < -0.4 is 0 Å². The third-order valence-corrected chi connectivity index (χ3v) is 5.74. The van der Waals surface area contributed by atoms with Gasteiger partial charge in [-0.15, -0.1) is 11.6 Å². The molecule has 0 aromatic carbocycles. The quantitative estimate of drug-likeness (QED) is 0.237. The van der Waals surface area contributed by atoms with Crippen molar-refractivity contribution in [3.63, 3.8) is 0 Å². The van der Waals surface area contributed by atoms with Gasteiger partial charge in [-0.05, 0) is 5.57 Å². The van der Waals surface area contributed by atoms with Gasteiger partial charge in [-0.25, -0.2) is 0 Å². The molecular formula is C15H23ClO10. The van der Waals surface area contributed by atoms with E-state index in [9.17, 15) is 35.7 Å². The van der Waals surface area contributed by atoms with Crippen LogP contribution in [-0.4, -0.2) is 104 Å². The number of aliphatic hydroxyl groups excluding tert-OH is 7. The van der Waals surface area contributed by atoms with Crippen molar-refractivity contribution in [3.05, 3.63) is 11.8 Å². The van der Waals surface area contributed by atoms with Gasteiger partial charge < -0.3 is 50.0 Å². The maximum atomic E-state index is 10.3. The summed E-state index contributed by atoms with van der Waals surface area (Å²) in [5, 5.41) is 67.9. The van der Waals surface area contributed by atoms with Gasteiger partial charge in [0.2, 0.25) is 6.29 Å². The zero-order chi connectivity index (χ0) is 19.2. The van der Waals surface area contributed by atoms with Crippen LogP contribution in [0.4, 0.5) is 0 Å². The summed E-state index contributed by atoms with van der Waals surface area (Å²) in [5.41, 5.74) is 0.332. The Kier molecular flexibility index (Phi) is 6.09. The molecule has 0 amide bonds. The topological polar surface area (TPSA) is 169 Å². The molecule has 0 bridgehead atoms. The van der Waals surface area contributed by atoms with Crippen LogP contribution in [0.1, 0.15) is 0 Å². The largest absolute Gasteiger partial charge is 0.472 e. The number of hydrogen-bond acceptors (Lipinski definition) is 10. The molecule has 0 spiro atoms. The molecule has 2 heterocycles. The number of rotatable bonds is 4. The van der Waals surface area contributed by atoms with Crippen LogP contribution in [-0.2, 0) is 14.2 Å². The molecule has 3 aliphatic rings. The van der Waals surface area contributed by atoms with E-state index in [4.69, 9.17) is 25.8 Å². The molecular weight excluding hydrogens is 376 g/mol. The predicted octanol–water partition coefficient (Wildman–Crippen LogP) is -3.39. The Morgan fingerprint density at radius 1 is 0.923 bits per heavy atom. The highest BCUT2D eigenvalue weighted by molar-refractivity contribution is 6.21. The third-order valence-electron chi connectivity index (χ3n) is 5.22. The Labute approximate surface area is 153 Å². The van der Waals surface area contributed by atoms with Gasteiger partial charge in [0.25, 0.3) is 0 Å². The van der Waals surface area contributed by atoms with Gasteiger partial charge in [-0.1, -0.05) is 0 Å². The second-order valence-corrected chi connectivity index (χ2v) is 7.22. The van der Waals surface area contributed by atoms with E-state index >= 15 is 0 Å². The van der Waals surface area contributed by atoms with E-state index < -0.39 is 79.6 Å². The summed E-state index contributed by atoms with van der Waals surface area (Å²) in [6.07, 6.45) is -9.88. The van der Waals surface area contributed by atoms with Gasteiger partial charge in [-0.2, -0.15) is 0 Å². The monoisotopic (exact) mass is 398 g/mol. The molecule has 2 aliphatic heterocycles. The fourth-order valence-corrected chi connectivity index (χ4v) is 4.08. The first-order chi connectivity index (χ1) is 12.3. The summed E-state index contributed by atoms with van der Waals surface area (Å²) in [4.78, 5) is 0. The SMILES string of the molecule is OCC1=CO[C@@H](O[C@@H]2O[C@H](CO)[C@@H](O)[C@H](O)[C@H]2O)[C@@H]2[C@@H](O)[C@H](Cl)[C@@H](O)[C@H]12. The summed E-state index contributed by atoms with van der Waals surface area (Å²) in [6.45, 7) is -1.04. The van der Waals surface area contributed by atoms with E-state index in [0.29, 0.717) is 5.57 Å². The van der Waals surface area contributed by atoms with Crippen molar-refractivity contribution in [3.8, 4) is 0 Å². The second-order valence-electron chi connectivity index (χ2n) is 6.72. The molecule has 2 fully saturated rings. The van der Waals surface area contributed by atoms with Crippen LogP contribution >= 0.6 is 11.6 Å². The lowest BCUT2D eigenvalue weighted by atomic mass is 9.85. The predicted molar refractivity (Wildman–Crippen MR) is 83.5 cm³/mol. The normalized spacial score (nSPS) is 51.5. The zero-order valence-electron chi connectivity index (χ0n) is 13.6. The van der Waals surface area contributed by atoms with Crippen molar-refractivity contribution < 1.29 is 50.0 Å². The Hall–Kier alpha value is -0.530. The van der Waals surface area contributed by atoms with Gasteiger partial charge in [0.15, 0.2) is 6.29 Å². The minimum Gasteiger partial charge on any atom is -0.472 e. The molecule has 0 aromatic rings. The molecule has 11 atom stereocenters. The molecule has 1 saturated heterocycles. The summed E-state index contributed by atoms with van der Waals surface area (Å²) >= 11 is 6.03. The van der Waals surface area contributed by atoms with Gasteiger partial charge in [0.05, 0.1) is 43.0 Å². The van der Waals surface area contributed by atoms with E-state index in [1.54, 1.807) is 0 Å². The average Bonchev–Trinajstić information content (AvgIpc) is 2.87. The van der Waals surface area contributed by atoms with Crippen molar-refractivity contribution >= 4 is 11.6 Å². The number of ether oxygens (including phenoxy) is 3. The molecule has 1 saturated carbocycles. The molecule has 1 aliphatic carbocycles. The van der Waals surface area contributed by atoms with Crippen molar-refractivity contribution in [2.75, 3.05) is 13.2 Å².